The molecule has 2 atom stereocenters. The summed E-state index contributed by atoms with van der Waals surface area (Å²) in [5.41, 5.74) is 0. The van der Waals surface area contributed by atoms with E-state index >= 15 is 0 Å². The van der Waals surface area contributed by atoms with Gasteiger partial charge >= 0.3 is 0 Å². The van der Waals surface area contributed by atoms with Crippen LogP contribution in [-0.4, -0.2) is 24.8 Å². The van der Waals surface area contributed by atoms with Crippen LogP contribution >= 0.6 is 0 Å². The predicted molar refractivity (Wildman–Crippen MR) is 41.8 cm³/mol. The molecule has 1 aliphatic heterocycles. The lowest BCUT2D eigenvalue weighted by molar-refractivity contribution is 0.200. The summed E-state index contributed by atoms with van der Waals surface area (Å²) in [5.74, 6) is 1.26. The van der Waals surface area contributed by atoms with E-state index in [4.69, 9.17) is 5.11 Å². The molecule has 0 radical (unpaired) electrons. The van der Waals surface area contributed by atoms with Gasteiger partial charge in [-0.25, -0.2) is 0 Å². The van der Waals surface area contributed by atoms with Gasteiger partial charge in [0.25, 0.3) is 0 Å². The van der Waals surface area contributed by atoms with Crippen LogP contribution in [-0.2, 0) is 0 Å². The zero-order valence-corrected chi connectivity index (χ0v) is 6.64. The monoisotopic (exact) mass is 143 g/mol. The molecule has 10 heavy (non-hydrogen) atoms. The van der Waals surface area contributed by atoms with Crippen LogP contribution in [0.3, 0.4) is 0 Å². The van der Waals surface area contributed by atoms with E-state index in [0.717, 1.165) is 19.0 Å². The van der Waals surface area contributed by atoms with E-state index < -0.39 is 0 Å². The first-order valence-corrected chi connectivity index (χ1v) is 4.20. The molecular formula is C8H17NO. The largest absolute Gasteiger partial charge is 0.396 e. The van der Waals surface area contributed by atoms with Crippen molar-refractivity contribution in [1.29, 1.82) is 0 Å². The minimum absolute atomic E-state index is 0.359. The van der Waals surface area contributed by atoms with Gasteiger partial charge in [0.15, 0.2) is 0 Å². The van der Waals surface area contributed by atoms with E-state index in [-0.39, 0.29) is 0 Å². The second-order valence-corrected chi connectivity index (χ2v) is 3.15. The maximum absolute atomic E-state index is 8.92. The van der Waals surface area contributed by atoms with Crippen LogP contribution in [0.5, 0.6) is 0 Å². The Labute approximate surface area is 62.6 Å². The molecule has 1 aliphatic rings. The van der Waals surface area contributed by atoms with E-state index in [9.17, 15) is 0 Å². The van der Waals surface area contributed by atoms with Crippen LogP contribution in [0, 0.1) is 11.8 Å². The summed E-state index contributed by atoms with van der Waals surface area (Å²) in [5, 5.41) is 12.2. The Balaban J connectivity index is 2.27. The van der Waals surface area contributed by atoms with Crippen LogP contribution in [0.1, 0.15) is 19.8 Å². The molecule has 0 aliphatic carbocycles. The number of aliphatic hydroxyl groups is 1. The standard InChI is InChI=1S/C8H17NO/c1-2-3-7-4-9-5-8(7)6-10/h7-10H,2-6H2,1H3/t7-,8+/m1/s1. The van der Waals surface area contributed by atoms with E-state index in [2.05, 4.69) is 12.2 Å². The van der Waals surface area contributed by atoms with Crippen LogP contribution in [0.2, 0.25) is 0 Å². The molecule has 1 rings (SSSR count). The van der Waals surface area contributed by atoms with Gasteiger partial charge in [0, 0.05) is 13.2 Å². The van der Waals surface area contributed by atoms with Gasteiger partial charge in [-0.2, -0.15) is 0 Å². The van der Waals surface area contributed by atoms with Gasteiger partial charge in [0.1, 0.15) is 0 Å². The van der Waals surface area contributed by atoms with Crippen LogP contribution < -0.4 is 5.32 Å². The van der Waals surface area contributed by atoms with Gasteiger partial charge in [-0.3, -0.25) is 0 Å². The number of rotatable bonds is 3. The fourth-order valence-electron chi connectivity index (χ4n) is 1.71. The van der Waals surface area contributed by atoms with Gasteiger partial charge in [-0.1, -0.05) is 13.3 Å². The van der Waals surface area contributed by atoms with Gasteiger partial charge < -0.3 is 10.4 Å². The highest BCUT2D eigenvalue weighted by atomic mass is 16.3. The summed E-state index contributed by atoms with van der Waals surface area (Å²) in [6.07, 6.45) is 2.50. The third-order valence-electron chi connectivity index (χ3n) is 2.37. The number of hydrogen-bond donors (Lipinski definition) is 2. The quantitative estimate of drug-likeness (QED) is 0.607. The van der Waals surface area contributed by atoms with Crippen molar-refractivity contribution in [2.24, 2.45) is 11.8 Å². The van der Waals surface area contributed by atoms with E-state index in [1.807, 2.05) is 0 Å². The maximum Gasteiger partial charge on any atom is 0.0474 e. The third-order valence-corrected chi connectivity index (χ3v) is 2.37. The minimum Gasteiger partial charge on any atom is -0.396 e. The Morgan fingerprint density at radius 1 is 1.40 bits per heavy atom. The van der Waals surface area contributed by atoms with E-state index in [1.54, 1.807) is 0 Å². The molecule has 0 spiro atoms. The summed E-state index contributed by atoms with van der Waals surface area (Å²) < 4.78 is 0. The van der Waals surface area contributed by atoms with Crippen LogP contribution in [0.4, 0.5) is 0 Å². The van der Waals surface area contributed by atoms with E-state index in [0.29, 0.717) is 12.5 Å². The van der Waals surface area contributed by atoms with Crippen molar-refractivity contribution in [3.8, 4) is 0 Å². The van der Waals surface area contributed by atoms with Gasteiger partial charge in [-0.05, 0) is 24.8 Å². The van der Waals surface area contributed by atoms with Crippen molar-refractivity contribution in [3.05, 3.63) is 0 Å². The molecule has 1 heterocycles. The molecule has 0 amide bonds. The second-order valence-electron chi connectivity index (χ2n) is 3.15. The highest BCUT2D eigenvalue weighted by molar-refractivity contribution is 4.79. The third kappa shape index (κ3) is 1.70. The molecule has 2 N–H and O–H groups in total. The molecule has 0 aromatic rings. The van der Waals surface area contributed by atoms with Crippen molar-refractivity contribution < 1.29 is 5.11 Å². The normalized spacial score (nSPS) is 33.0. The lowest BCUT2D eigenvalue weighted by Gasteiger charge is -2.13. The number of hydrogen-bond acceptors (Lipinski definition) is 2. The number of nitrogens with one attached hydrogen (secondary N) is 1. The highest BCUT2D eigenvalue weighted by Gasteiger charge is 2.24. The van der Waals surface area contributed by atoms with E-state index in [1.165, 1.54) is 12.8 Å². The first-order chi connectivity index (χ1) is 4.88. The average molecular weight is 143 g/mol. The zero-order valence-electron chi connectivity index (χ0n) is 6.64. The maximum atomic E-state index is 8.92. The Morgan fingerprint density at radius 3 is 2.70 bits per heavy atom. The van der Waals surface area contributed by atoms with Gasteiger partial charge in [0.05, 0.1) is 0 Å². The first kappa shape index (κ1) is 8.02. The van der Waals surface area contributed by atoms with Crippen molar-refractivity contribution in [1.82, 2.24) is 5.32 Å². The van der Waals surface area contributed by atoms with Crippen LogP contribution in [0.15, 0.2) is 0 Å². The molecule has 0 aromatic carbocycles. The molecule has 2 nitrogen and oxygen atoms in total. The Hall–Kier alpha value is -0.0800. The Kier molecular flexibility index (Phi) is 3.16. The molecule has 0 saturated carbocycles. The van der Waals surface area contributed by atoms with Crippen molar-refractivity contribution in [2.75, 3.05) is 19.7 Å². The molecule has 1 fully saturated rings. The van der Waals surface area contributed by atoms with Crippen molar-refractivity contribution >= 4 is 0 Å². The predicted octanol–water partition coefficient (Wildman–Crippen LogP) is 0.614. The molecule has 60 valence electrons. The summed E-state index contributed by atoms with van der Waals surface area (Å²) in [6.45, 7) is 4.69. The number of aliphatic hydroxyl groups excluding tert-OH is 1. The Bertz CT molecular complexity index is 95.3. The molecule has 0 bridgehead atoms. The first-order valence-electron chi connectivity index (χ1n) is 4.20. The SMILES string of the molecule is CCC[C@@H]1CNC[C@H]1CO. The fourth-order valence-corrected chi connectivity index (χ4v) is 1.71. The highest BCUT2D eigenvalue weighted by Crippen LogP contribution is 2.20. The van der Waals surface area contributed by atoms with Crippen molar-refractivity contribution in [3.63, 3.8) is 0 Å². The van der Waals surface area contributed by atoms with Crippen LogP contribution in [0.25, 0.3) is 0 Å². The van der Waals surface area contributed by atoms with Crippen molar-refractivity contribution in [2.45, 2.75) is 19.8 Å². The molecule has 1 saturated heterocycles. The van der Waals surface area contributed by atoms with Gasteiger partial charge in [-0.15, -0.1) is 0 Å². The topological polar surface area (TPSA) is 32.3 Å². The molecule has 2 heteroatoms. The van der Waals surface area contributed by atoms with Gasteiger partial charge in [0.2, 0.25) is 0 Å². The summed E-state index contributed by atoms with van der Waals surface area (Å²) in [7, 11) is 0. The molecular weight excluding hydrogens is 126 g/mol. The lowest BCUT2D eigenvalue weighted by atomic mass is 9.93. The molecule has 0 unspecified atom stereocenters. The lowest BCUT2D eigenvalue weighted by Crippen LogP contribution is -2.15. The minimum atomic E-state index is 0.359. The smallest absolute Gasteiger partial charge is 0.0474 e. The summed E-state index contributed by atoms with van der Waals surface area (Å²) in [6, 6.07) is 0. The zero-order chi connectivity index (χ0) is 7.40. The Morgan fingerprint density at radius 2 is 2.10 bits per heavy atom. The second kappa shape index (κ2) is 3.94. The average Bonchev–Trinajstić information content (AvgIpc) is 2.36. The fraction of sp³-hybridized carbons (Fsp3) is 1.00. The molecule has 0 aromatic heterocycles. The summed E-state index contributed by atoms with van der Waals surface area (Å²) >= 11 is 0. The summed E-state index contributed by atoms with van der Waals surface area (Å²) in [4.78, 5) is 0.